The van der Waals surface area contributed by atoms with Gasteiger partial charge in [-0.3, -0.25) is 15.0 Å². The monoisotopic (exact) mass is 322 g/mol. The Labute approximate surface area is 140 Å². The number of anilines is 1. The maximum Gasteiger partial charge on any atom is 0.333 e. The summed E-state index contributed by atoms with van der Waals surface area (Å²) in [6.45, 7) is 3.91. The van der Waals surface area contributed by atoms with Crippen LogP contribution in [0.15, 0.2) is 48.2 Å². The van der Waals surface area contributed by atoms with E-state index in [1.165, 1.54) is 4.90 Å². The van der Waals surface area contributed by atoms with E-state index in [4.69, 9.17) is 4.74 Å². The molecule has 3 amide bonds. The molecule has 24 heavy (non-hydrogen) atoms. The van der Waals surface area contributed by atoms with E-state index in [2.05, 4.69) is 5.32 Å². The number of hydrogen-bond acceptors (Lipinski definition) is 3. The summed E-state index contributed by atoms with van der Waals surface area (Å²) in [7, 11) is 1.60. The van der Waals surface area contributed by atoms with E-state index in [1.807, 2.05) is 56.3 Å². The fourth-order valence-corrected chi connectivity index (χ4v) is 2.71. The van der Waals surface area contributed by atoms with Crippen LogP contribution in [0.25, 0.3) is 6.08 Å². The van der Waals surface area contributed by atoms with Crippen molar-refractivity contribution in [2.45, 2.75) is 13.8 Å². The van der Waals surface area contributed by atoms with Crippen molar-refractivity contribution in [3.8, 4) is 5.75 Å². The number of rotatable bonds is 3. The van der Waals surface area contributed by atoms with Crippen molar-refractivity contribution in [1.82, 2.24) is 5.32 Å². The molecular weight excluding hydrogens is 304 g/mol. The first-order chi connectivity index (χ1) is 11.5. The average molecular weight is 322 g/mol. The summed E-state index contributed by atoms with van der Waals surface area (Å²) in [6, 6.07) is 12.6. The lowest BCUT2D eigenvalue weighted by atomic mass is 10.1. The predicted octanol–water partition coefficient (Wildman–Crippen LogP) is 3.41. The maximum atomic E-state index is 12.3. The Kier molecular flexibility index (Phi) is 4.08. The van der Waals surface area contributed by atoms with Crippen molar-refractivity contribution in [2.24, 2.45) is 0 Å². The Morgan fingerprint density at radius 2 is 1.75 bits per heavy atom. The standard InChI is InChI=1S/C19H18N2O3/c1-12-4-9-16(13(2)10-12)21-17(18(22)20-19(21)23)11-14-5-7-15(24-3)8-6-14/h4-11H,1-3H3,(H,20,22,23). The molecule has 5 nitrogen and oxygen atoms in total. The van der Waals surface area contributed by atoms with Gasteiger partial charge < -0.3 is 4.74 Å². The summed E-state index contributed by atoms with van der Waals surface area (Å²) in [4.78, 5) is 25.9. The van der Waals surface area contributed by atoms with Gasteiger partial charge in [0.15, 0.2) is 0 Å². The topological polar surface area (TPSA) is 58.6 Å². The molecule has 0 atom stereocenters. The predicted molar refractivity (Wildman–Crippen MR) is 92.9 cm³/mol. The second kappa shape index (κ2) is 6.20. The zero-order valence-corrected chi connectivity index (χ0v) is 13.8. The normalized spacial score (nSPS) is 15.8. The highest BCUT2D eigenvalue weighted by Gasteiger charge is 2.34. The number of ether oxygens (including phenoxy) is 1. The molecule has 3 rings (SSSR count). The maximum absolute atomic E-state index is 12.3. The molecule has 122 valence electrons. The highest BCUT2D eigenvalue weighted by atomic mass is 16.5. The summed E-state index contributed by atoms with van der Waals surface area (Å²) in [5, 5.41) is 2.36. The number of amides is 3. The van der Waals surface area contributed by atoms with Gasteiger partial charge >= 0.3 is 6.03 Å². The van der Waals surface area contributed by atoms with Crippen LogP contribution in [-0.4, -0.2) is 19.0 Å². The zero-order valence-electron chi connectivity index (χ0n) is 13.8. The number of benzene rings is 2. The summed E-state index contributed by atoms with van der Waals surface area (Å²) in [5.74, 6) is 0.325. The quantitative estimate of drug-likeness (QED) is 0.696. The van der Waals surface area contributed by atoms with Crippen LogP contribution in [0.2, 0.25) is 0 Å². The summed E-state index contributed by atoms with van der Waals surface area (Å²) in [6.07, 6.45) is 1.69. The van der Waals surface area contributed by atoms with Gasteiger partial charge in [0.1, 0.15) is 11.4 Å². The number of aryl methyl sites for hydroxylation is 2. The highest BCUT2D eigenvalue weighted by Crippen LogP contribution is 2.29. The van der Waals surface area contributed by atoms with E-state index in [-0.39, 0.29) is 0 Å². The smallest absolute Gasteiger partial charge is 0.333 e. The highest BCUT2D eigenvalue weighted by molar-refractivity contribution is 6.23. The fourth-order valence-electron chi connectivity index (χ4n) is 2.71. The molecule has 0 aliphatic carbocycles. The average Bonchev–Trinajstić information content (AvgIpc) is 2.82. The SMILES string of the molecule is COc1ccc(C=C2C(=O)NC(=O)N2c2ccc(C)cc2C)cc1. The molecule has 0 unspecified atom stereocenters. The Morgan fingerprint density at radius 3 is 2.38 bits per heavy atom. The second-order valence-corrected chi connectivity index (χ2v) is 5.69. The molecule has 2 aromatic rings. The van der Waals surface area contributed by atoms with Gasteiger partial charge in [0.2, 0.25) is 0 Å². The number of urea groups is 1. The Balaban J connectivity index is 2.04. The van der Waals surface area contributed by atoms with Crippen molar-refractivity contribution in [1.29, 1.82) is 0 Å². The molecule has 0 saturated carbocycles. The molecule has 1 aliphatic rings. The minimum absolute atomic E-state index is 0.303. The molecule has 2 aromatic carbocycles. The third kappa shape index (κ3) is 2.88. The van der Waals surface area contributed by atoms with Gasteiger partial charge in [-0.05, 0) is 49.2 Å². The molecule has 1 heterocycles. The molecule has 1 saturated heterocycles. The minimum atomic E-state index is -0.438. The third-order valence-electron chi connectivity index (χ3n) is 3.91. The van der Waals surface area contributed by atoms with Gasteiger partial charge in [-0.2, -0.15) is 0 Å². The van der Waals surface area contributed by atoms with Crippen LogP contribution in [-0.2, 0) is 4.79 Å². The van der Waals surface area contributed by atoms with E-state index in [0.717, 1.165) is 22.4 Å². The van der Waals surface area contributed by atoms with Crippen LogP contribution in [0.1, 0.15) is 16.7 Å². The largest absolute Gasteiger partial charge is 0.497 e. The van der Waals surface area contributed by atoms with E-state index in [0.29, 0.717) is 11.4 Å². The first-order valence-electron chi connectivity index (χ1n) is 7.58. The first kappa shape index (κ1) is 15.8. The number of nitrogens with zero attached hydrogens (tertiary/aromatic N) is 1. The van der Waals surface area contributed by atoms with Crippen molar-refractivity contribution in [3.63, 3.8) is 0 Å². The van der Waals surface area contributed by atoms with Gasteiger partial charge in [0, 0.05) is 0 Å². The van der Waals surface area contributed by atoms with Crippen LogP contribution in [0.5, 0.6) is 5.75 Å². The molecule has 1 fully saturated rings. The molecule has 0 aromatic heterocycles. The van der Waals surface area contributed by atoms with Crippen LogP contribution in [0.3, 0.4) is 0 Å². The lowest BCUT2D eigenvalue weighted by Crippen LogP contribution is -2.27. The third-order valence-corrected chi connectivity index (χ3v) is 3.91. The first-order valence-corrected chi connectivity index (χ1v) is 7.58. The molecule has 0 spiro atoms. The van der Waals surface area contributed by atoms with E-state index < -0.39 is 11.9 Å². The summed E-state index contributed by atoms with van der Waals surface area (Å²) in [5.41, 5.74) is 3.84. The Bertz CT molecular complexity index is 838. The lowest BCUT2D eigenvalue weighted by Gasteiger charge is -2.18. The number of methoxy groups -OCH3 is 1. The lowest BCUT2D eigenvalue weighted by molar-refractivity contribution is -0.115. The molecule has 5 heteroatoms. The Morgan fingerprint density at radius 1 is 1.04 bits per heavy atom. The van der Waals surface area contributed by atoms with E-state index in [9.17, 15) is 9.59 Å². The van der Waals surface area contributed by atoms with Crippen LogP contribution < -0.4 is 15.0 Å². The van der Waals surface area contributed by atoms with Gasteiger partial charge in [-0.1, -0.05) is 29.8 Å². The van der Waals surface area contributed by atoms with Crippen molar-refractivity contribution < 1.29 is 14.3 Å². The number of nitrogens with one attached hydrogen (secondary N) is 1. The van der Waals surface area contributed by atoms with Gasteiger partial charge in [-0.25, -0.2) is 4.79 Å². The molecule has 0 radical (unpaired) electrons. The second-order valence-electron chi connectivity index (χ2n) is 5.69. The Hall–Kier alpha value is -3.08. The van der Waals surface area contributed by atoms with Crippen molar-refractivity contribution in [3.05, 3.63) is 64.9 Å². The molecule has 0 bridgehead atoms. The van der Waals surface area contributed by atoms with Crippen LogP contribution >= 0.6 is 0 Å². The van der Waals surface area contributed by atoms with Crippen molar-refractivity contribution >= 4 is 23.7 Å². The fraction of sp³-hybridized carbons (Fsp3) is 0.158. The van der Waals surface area contributed by atoms with Crippen LogP contribution in [0, 0.1) is 13.8 Å². The van der Waals surface area contributed by atoms with Crippen LogP contribution in [0.4, 0.5) is 10.5 Å². The summed E-state index contributed by atoms with van der Waals surface area (Å²) < 4.78 is 5.13. The number of carbonyl (C=O) groups is 2. The number of carbonyl (C=O) groups excluding carboxylic acids is 2. The number of imide groups is 1. The zero-order chi connectivity index (χ0) is 17.3. The number of hydrogen-bond donors (Lipinski definition) is 1. The van der Waals surface area contributed by atoms with Gasteiger partial charge in [-0.15, -0.1) is 0 Å². The van der Waals surface area contributed by atoms with Crippen molar-refractivity contribution in [2.75, 3.05) is 12.0 Å². The molecule has 1 N–H and O–H groups in total. The minimum Gasteiger partial charge on any atom is -0.497 e. The summed E-state index contributed by atoms with van der Waals surface area (Å²) >= 11 is 0. The van der Waals surface area contributed by atoms with Gasteiger partial charge in [0.05, 0.1) is 12.8 Å². The van der Waals surface area contributed by atoms with E-state index in [1.54, 1.807) is 13.2 Å². The molecular formula is C19H18N2O3. The van der Waals surface area contributed by atoms with E-state index >= 15 is 0 Å². The van der Waals surface area contributed by atoms with Gasteiger partial charge in [0.25, 0.3) is 5.91 Å². The molecule has 1 aliphatic heterocycles.